The number of hydrogen-bond donors (Lipinski definition) is 0. The number of rotatable bonds is 2. The van der Waals surface area contributed by atoms with Gasteiger partial charge in [0.2, 0.25) is 0 Å². The van der Waals surface area contributed by atoms with Gasteiger partial charge in [-0.15, -0.1) is 0 Å². The monoisotopic (exact) mass is 411 g/mol. The summed E-state index contributed by atoms with van der Waals surface area (Å²) >= 11 is 7.71. The van der Waals surface area contributed by atoms with Crippen molar-refractivity contribution >= 4 is 34.2 Å². The molecule has 0 radical (unpaired) electrons. The highest BCUT2D eigenvalue weighted by molar-refractivity contribution is 14.1. The van der Waals surface area contributed by atoms with E-state index in [1.807, 2.05) is 52.9 Å². The van der Waals surface area contributed by atoms with Gasteiger partial charge in [-0.05, 0) is 18.2 Å². The van der Waals surface area contributed by atoms with Crippen LogP contribution in [0.1, 0.15) is 0 Å². The van der Waals surface area contributed by atoms with Crippen LogP contribution in [0, 0.1) is 9.65 Å². The number of nitrogens with zero attached hydrogens (tertiary/aromatic N) is 3. The zero-order chi connectivity index (χ0) is 14.8. The van der Waals surface area contributed by atoms with Crippen LogP contribution in [0.4, 0.5) is 4.39 Å². The molecule has 0 bridgehead atoms. The Morgan fingerprint density at radius 2 is 1.52 bits per heavy atom. The van der Waals surface area contributed by atoms with Crippen molar-refractivity contribution in [2.45, 2.75) is 0 Å². The fraction of sp³-hybridized carbons (Fsp3) is 0. The van der Waals surface area contributed by atoms with Gasteiger partial charge in [-0.1, -0.05) is 41.9 Å². The molecule has 0 saturated carbocycles. The highest BCUT2D eigenvalue weighted by Gasteiger charge is 2.10. The largest absolute Gasteiger partial charge is 0.208 e. The van der Waals surface area contributed by atoms with Gasteiger partial charge in [0.25, 0.3) is 0 Å². The van der Waals surface area contributed by atoms with Crippen LogP contribution in [0.5, 0.6) is 0 Å². The van der Waals surface area contributed by atoms with Crippen molar-refractivity contribution in [3.05, 3.63) is 63.2 Å². The first-order valence-corrected chi connectivity index (χ1v) is 7.51. The van der Waals surface area contributed by atoms with Crippen molar-refractivity contribution in [3.63, 3.8) is 0 Å². The molecule has 104 valence electrons. The summed E-state index contributed by atoms with van der Waals surface area (Å²) in [6.07, 6.45) is 0. The molecule has 0 atom stereocenters. The molecule has 21 heavy (non-hydrogen) atoms. The highest BCUT2D eigenvalue weighted by Crippen LogP contribution is 2.24. The molecular weight excluding hydrogens is 404 g/mol. The molecule has 0 spiro atoms. The lowest BCUT2D eigenvalue weighted by atomic mass is 10.2. The average molecular weight is 412 g/mol. The van der Waals surface area contributed by atoms with E-state index in [1.54, 1.807) is 6.07 Å². The molecule has 3 rings (SSSR count). The fourth-order valence-electron chi connectivity index (χ4n) is 1.83. The number of benzene rings is 2. The normalized spacial score (nSPS) is 10.6. The highest BCUT2D eigenvalue weighted by atomic mass is 127. The van der Waals surface area contributed by atoms with Gasteiger partial charge in [-0.2, -0.15) is 0 Å². The van der Waals surface area contributed by atoms with Crippen LogP contribution in [0.25, 0.3) is 22.8 Å². The smallest absolute Gasteiger partial charge is 0.194 e. The van der Waals surface area contributed by atoms with Crippen LogP contribution in [0.15, 0.2) is 48.5 Å². The third kappa shape index (κ3) is 3.19. The van der Waals surface area contributed by atoms with E-state index in [0.717, 1.165) is 5.56 Å². The molecule has 3 nitrogen and oxygen atoms in total. The molecular formula is C15H8ClFIN3. The van der Waals surface area contributed by atoms with Gasteiger partial charge in [-0.25, -0.2) is 19.3 Å². The van der Waals surface area contributed by atoms with Gasteiger partial charge in [0.15, 0.2) is 15.5 Å². The van der Waals surface area contributed by atoms with Gasteiger partial charge in [0.1, 0.15) is 5.82 Å². The first-order chi connectivity index (χ1) is 10.1. The molecule has 3 aromatic rings. The molecule has 0 amide bonds. The topological polar surface area (TPSA) is 38.7 Å². The molecule has 1 aromatic heterocycles. The number of aromatic nitrogens is 3. The Bertz CT molecular complexity index is 796. The lowest BCUT2D eigenvalue weighted by Gasteiger charge is -2.05. The van der Waals surface area contributed by atoms with Crippen molar-refractivity contribution in [3.8, 4) is 22.8 Å². The zero-order valence-electron chi connectivity index (χ0n) is 10.6. The Hall–Kier alpha value is -1.60. The summed E-state index contributed by atoms with van der Waals surface area (Å²) in [5.41, 5.74) is 1.45. The molecule has 0 N–H and O–H groups in total. The van der Waals surface area contributed by atoms with Crippen molar-refractivity contribution in [1.82, 2.24) is 15.0 Å². The Kier molecular flexibility index (Phi) is 4.12. The molecule has 0 aliphatic rings. The van der Waals surface area contributed by atoms with Crippen LogP contribution in [0.2, 0.25) is 5.02 Å². The van der Waals surface area contributed by atoms with Crippen molar-refractivity contribution in [2.24, 2.45) is 0 Å². The van der Waals surface area contributed by atoms with Gasteiger partial charge in [0, 0.05) is 33.7 Å². The predicted octanol–water partition coefficient (Wildman–Crippen LogP) is 4.60. The molecule has 6 heteroatoms. The van der Waals surface area contributed by atoms with E-state index in [2.05, 4.69) is 15.0 Å². The first kappa shape index (κ1) is 14.3. The minimum atomic E-state index is -0.495. The second kappa shape index (κ2) is 6.03. The second-order valence-corrected chi connectivity index (χ2v) is 5.62. The Balaban J connectivity index is 2.11. The van der Waals surface area contributed by atoms with Crippen molar-refractivity contribution in [2.75, 3.05) is 0 Å². The van der Waals surface area contributed by atoms with Crippen LogP contribution in [-0.4, -0.2) is 15.0 Å². The van der Waals surface area contributed by atoms with Gasteiger partial charge >= 0.3 is 0 Å². The van der Waals surface area contributed by atoms with Crippen LogP contribution < -0.4 is 0 Å². The molecule has 1 heterocycles. The molecule has 0 unspecified atom stereocenters. The van der Waals surface area contributed by atoms with Gasteiger partial charge < -0.3 is 0 Å². The lowest BCUT2D eigenvalue weighted by molar-refractivity contribution is 0.628. The van der Waals surface area contributed by atoms with E-state index < -0.39 is 5.82 Å². The summed E-state index contributed by atoms with van der Waals surface area (Å²) in [7, 11) is 0. The third-order valence-corrected chi connectivity index (χ3v) is 3.61. The first-order valence-electron chi connectivity index (χ1n) is 6.06. The average Bonchev–Trinajstić information content (AvgIpc) is 2.50. The van der Waals surface area contributed by atoms with Crippen molar-refractivity contribution in [1.29, 1.82) is 0 Å². The minimum absolute atomic E-state index is 0.0748. The van der Waals surface area contributed by atoms with E-state index in [9.17, 15) is 4.39 Å². The van der Waals surface area contributed by atoms with E-state index in [-0.39, 0.29) is 5.02 Å². The maximum atomic E-state index is 13.6. The zero-order valence-corrected chi connectivity index (χ0v) is 13.5. The second-order valence-electron chi connectivity index (χ2n) is 4.25. The SMILES string of the molecule is Fc1cc(-c2nc(I)nc(-c3ccccc3)n2)ccc1Cl. The molecule has 0 aliphatic heterocycles. The summed E-state index contributed by atoms with van der Waals surface area (Å²) in [6, 6.07) is 14.1. The Morgan fingerprint density at radius 1 is 0.857 bits per heavy atom. The van der Waals surface area contributed by atoms with E-state index in [0.29, 0.717) is 21.0 Å². The summed E-state index contributed by atoms with van der Waals surface area (Å²) in [5.74, 6) is 0.482. The van der Waals surface area contributed by atoms with E-state index in [4.69, 9.17) is 11.6 Å². The fourth-order valence-corrected chi connectivity index (χ4v) is 2.41. The maximum absolute atomic E-state index is 13.6. The van der Waals surface area contributed by atoms with Crippen LogP contribution >= 0.6 is 34.2 Å². The van der Waals surface area contributed by atoms with E-state index in [1.165, 1.54) is 12.1 Å². The Morgan fingerprint density at radius 3 is 2.19 bits per heavy atom. The minimum Gasteiger partial charge on any atom is -0.208 e. The summed E-state index contributed by atoms with van der Waals surface area (Å²) in [6.45, 7) is 0. The predicted molar refractivity (Wildman–Crippen MR) is 88.4 cm³/mol. The van der Waals surface area contributed by atoms with Gasteiger partial charge in [-0.3, -0.25) is 0 Å². The number of halogens is 3. The summed E-state index contributed by atoms with van der Waals surface area (Å²) in [5, 5.41) is 0.0748. The summed E-state index contributed by atoms with van der Waals surface area (Å²) < 4.78 is 14.1. The van der Waals surface area contributed by atoms with Crippen LogP contribution in [0.3, 0.4) is 0 Å². The molecule has 0 fully saturated rings. The number of hydrogen-bond acceptors (Lipinski definition) is 3. The van der Waals surface area contributed by atoms with Crippen molar-refractivity contribution < 1.29 is 4.39 Å². The Labute approximate surface area is 139 Å². The summed E-state index contributed by atoms with van der Waals surface area (Å²) in [4.78, 5) is 13.0. The standard InChI is InChI=1S/C15H8ClFIN3/c16-11-7-6-10(8-12(11)17)14-19-13(20-15(18)21-14)9-4-2-1-3-5-9/h1-8H. The molecule has 0 saturated heterocycles. The third-order valence-electron chi connectivity index (χ3n) is 2.82. The lowest BCUT2D eigenvalue weighted by Crippen LogP contribution is -1.99. The van der Waals surface area contributed by atoms with E-state index >= 15 is 0 Å². The van der Waals surface area contributed by atoms with Crippen LogP contribution in [-0.2, 0) is 0 Å². The molecule has 2 aromatic carbocycles. The molecule has 0 aliphatic carbocycles. The van der Waals surface area contributed by atoms with Gasteiger partial charge in [0.05, 0.1) is 5.02 Å². The quantitative estimate of drug-likeness (QED) is 0.579. The maximum Gasteiger partial charge on any atom is 0.194 e.